The topological polar surface area (TPSA) is 71.7 Å². The van der Waals surface area contributed by atoms with Gasteiger partial charge in [-0.25, -0.2) is 0 Å². The first-order chi connectivity index (χ1) is 6.65. The van der Waals surface area contributed by atoms with Crippen molar-refractivity contribution < 1.29 is 19.2 Å². The predicted molar refractivity (Wildman–Crippen MR) is 55.0 cm³/mol. The van der Waals surface area contributed by atoms with Crippen molar-refractivity contribution in [3.63, 3.8) is 0 Å². The zero-order chi connectivity index (χ0) is 10.6. The summed E-state index contributed by atoms with van der Waals surface area (Å²) in [5.74, 6) is -0.639. The van der Waals surface area contributed by atoms with Crippen LogP contribution in [0.25, 0.3) is 0 Å². The van der Waals surface area contributed by atoms with Gasteiger partial charge in [0.05, 0.1) is 6.42 Å². The van der Waals surface area contributed by atoms with Crippen molar-refractivity contribution in [3.8, 4) is 11.8 Å². The molecule has 1 heterocycles. The van der Waals surface area contributed by atoms with Crippen molar-refractivity contribution in [1.82, 2.24) is 4.57 Å². The second kappa shape index (κ2) is 5.06. The minimum absolute atomic E-state index is 0.0589. The zero-order valence-electron chi connectivity index (χ0n) is 7.08. The van der Waals surface area contributed by atoms with Crippen LogP contribution in [0.3, 0.4) is 0 Å². The first-order valence-corrected chi connectivity index (χ1v) is 5.53. The SMILES string of the molecule is O=C(CCn1c(O)ccc1O)OSS. The smallest absolute Gasteiger partial charge is 0.320 e. The molecule has 78 valence electrons. The minimum Gasteiger partial charge on any atom is -0.494 e. The number of hydrogen-bond donors (Lipinski definition) is 3. The molecule has 0 aliphatic rings. The van der Waals surface area contributed by atoms with Crippen molar-refractivity contribution in [2.24, 2.45) is 0 Å². The van der Waals surface area contributed by atoms with Crippen LogP contribution in [0, 0.1) is 0 Å². The molecule has 1 aromatic rings. The predicted octanol–water partition coefficient (Wildman–Crippen LogP) is 1.33. The van der Waals surface area contributed by atoms with Gasteiger partial charge in [0.2, 0.25) is 0 Å². The maximum absolute atomic E-state index is 10.9. The molecule has 2 N–H and O–H groups in total. The maximum atomic E-state index is 10.9. The van der Waals surface area contributed by atoms with E-state index in [4.69, 9.17) is 0 Å². The van der Waals surface area contributed by atoms with Gasteiger partial charge < -0.3 is 14.4 Å². The van der Waals surface area contributed by atoms with Crippen LogP contribution in [0.15, 0.2) is 12.1 Å². The fourth-order valence-corrected chi connectivity index (χ4v) is 1.38. The third kappa shape index (κ3) is 2.78. The standard InChI is InChI=1S/C7H9NO4S2/c9-5-1-2-6(10)8(5)4-3-7(11)12-14-13/h1-2,9-10,13H,3-4H2. The van der Waals surface area contributed by atoms with Crippen LogP contribution in [0.4, 0.5) is 0 Å². The van der Waals surface area contributed by atoms with Gasteiger partial charge in [-0.2, -0.15) is 0 Å². The lowest BCUT2D eigenvalue weighted by molar-refractivity contribution is -0.133. The van der Waals surface area contributed by atoms with E-state index in [-0.39, 0.29) is 24.7 Å². The first-order valence-electron chi connectivity index (χ1n) is 3.73. The monoisotopic (exact) mass is 235 g/mol. The summed E-state index contributed by atoms with van der Waals surface area (Å²) in [7, 11) is 0. The van der Waals surface area contributed by atoms with Crippen LogP contribution in [0.1, 0.15) is 6.42 Å². The van der Waals surface area contributed by atoms with Crippen molar-refractivity contribution >= 4 is 28.7 Å². The van der Waals surface area contributed by atoms with E-state index in [1.165, 1.54) is 16.7 Å². The molecule has 1 rings (SSSR count). The Hall–Kier alpha value is -0.950. The Balaban J connectivity index is 2.49. The molecule has 0 saturated carbocycles. The molecule has 7 heteroatoms. The van der Waals surface area contributed by atoms with Crippen LogP contribution in [-0.4, -0.2) is 20.7 Å². The highest BCUT2D eigenvalue weighted by Gasteiger charge is 2.08. The molecule has 0 aliphatic carbocycles. The van der Waals surface area contributed by atoms with Crippen LogP contribution in [-0.2, 0) is 15.5 Å². The summed E-state index contributed by atoms with van der Waals surface area (Å²) in [6.07, 6.45) is 0.0589. The lowest BCUT2D eigenvalue weighted by atomic mass is 10.4. The Labute approximate surface area is 89.7 Å². The van der Waals surface area contributed by atoms with Gasteiger partial charge in [0.15, 0.2) is 11.8 Å². The molecule has 5 nitrogen and oxygen atoms in total. The number of aromatic nitrogens is 1. The summed E-state index contributed by atoms with van der Waals surface area (Å²) in [6.45, 7) is 0.165. The van der Waals surface area contributed by atoms with Crippen molar-refractivity contribution in [1.29, 1.82) is 0 Å². The van der Waals surface area contributed by atoms with Gasteiger partial charge in [-0.1, -0.05) is 11.7 Å². The van der Waals surface area contributed by atoms with Gasteiger partial charge in [0, 0.05) is 18.7 Å². The highest BCUT2D eigenvalue weighted by atomic mass is 33.1. The van der Waals surface area contributed by atoms with E-state index < -0.39 is 5.97 Å². The fourth-order valence-electron chi connectivity index (χ4n) is 0.962. The lowest BCUT2D eigenvalue weighted by Crippen LogP contribution is -2.05. The van der Waals surface area contributed by atoms with Crippen molar-refractivity contribution in [2.75, 3.05) is 0 Å². The molecule has 0 atom stereocenters. The van der Waals surface area contributed by atoms with Gasteiger partial charge in [-0.15, -0.1) is 0 Å². The van der Waals surface area contributed by atoms with Gasteiger partial charge in [0.1, 0.15) is 11.1 Å². The lowest BCUT2D eigenvalue weighted by Gasteiger charge is -2.04. The van der Waals surface area contributed by atoms with E-state index in [1.54, 1.807) is 0 Å². The Bertz CT molecular complexity index is 306. The number of nitrogens with zero attached hydrogens (tertiary/aromatic N) is 1. The third-order valence-corrected chi connectivity index (χ3v) is 2.09. The van der Waals surface area contributed by atoms with Gasteiger partial charge in [0.25, 0.3) is 0 Å². The van der Waals surface area contributed by atoms with E-state index >= 15 is 0 Å². The fraction of sp³-hybridized carbons (Fsp3) is 0.286. The maximum Gasteiger partial charge on any atom is 0.320 e. The number of thiol groups is 1. The summed E-state index contributed by atoms with van der Waals surface area (Å²) >= 11 is 4.30. The van der Waals surface area contributed by atoms with Crippen LogP contribution in [0.2, 0.25) is 0 Å². The van der Waals surface area contributed by atoms with Crippen LogP contribution >= 0.6 is 22.7 Å². The quantitative estimate of drug-likeness (QED) is 0.417. The van der Waals surface area contributed by atoms with Crippen molar-refractivity contribution in [2.45, 2.75) is 13.0 Å². The van der Waals surface area contributed by atoms with Gasteiger partial charge >= 0.3 is 5.97 Å². The Kier molecular flexibility index (Phi) is 4.02. The molecule has 0 aromatic carbocycles. The molecule has 0 aliphatic heterocycles. The van der Waals surface area contributed by atoms with E-state index in [1.807, 2.05) is 0 Å². The van der Waals surface area contributed by atoms with Crippen LogP contribution in [0.5, 0.6) is 11.8 Å². The molecule has 14 heavy (non-hydrogen) atoms. The molecule has 0 amide bonds. The summed E-state index contributed by atoms with van der Waals surface area (Å²) in [4.78, 5) is 10.9. The van der Waals surface area contributed by atoms with Gasteiger partial charge in [-0.05, 0) is 0 Å². The number of carbonyl (C=O) groups is 1. The molecular formula is C7H9NO4S2. The number of hydrogen-bond acceptors (Lipinski definition) is 6. The average Bonchev–Trinajstić information content (AvgIpc) is 2.44. The molecule has 0 fully saturated rings. The third-order valence-electron chi connectivity index (χ3n) is 1.60. The van der Waals surface area contributed by atoms with E-state index in [0.717, 1.165) is 0 Å². The number of aromatic hydroxyl groups is 2. The summed E-state index contributed by atoms with van der Waals surface area (Å²) in [5, 5.41) is 18.4. The Morgan fingerprint density at radius 2 is 2.07 bits per heavy atom. The number of rotatable bonds is 4. The molecule has 0 spiro atoms. The molecular weight excluding hydrogens is 226 g/mol. The highest BCUT2D eigenvalue weighted by molar-refractivity contribution is 8.66. The molecule has 0 saturated heterocycles. The highest BCUT2D eigenvalue weighted by Crippen LogP contribution is 2.21. The Morgan fingerprint density at radius 1 is 1.50 bits per heavy atom. The summed E-state index contributed by atoms with van der Waals surface area (Å²) in [5.41, 5.74) is 0. The van der Waals surface area contributed by atoms with E-state index in [0.29, 0.717) is 11.1 Å². The summed E-state index contributed by atoms with van der Waals surface area (Å²) in [6, 6.07) is 2.68. The molecule has 0 radical (unpaired) electrons. The van der Waals surface area contributed by atoms with E-state index in [2.05, 4.69) is 15.8 Å². The number of carbonyl (C=O) groups excluding carboxylic acids is 1. The summed E-state index contributed by atoms with van der Waals surface area (Å²) < 4.78 is 5.68. The van der Waals surface area contributed by atoms with Gasteiger partial charge in [-0.3, -0.25) is 9.36 Å². The minimum atomic E-state index is -0.461. The van der Waals surface area contributed by atoms with Crippen molar-refractivity contribution in [3.05, 3.63) is 12.1 Å². The molecule has 1 aromatic heterocycles. The molecule has 0 unspecified atom stereocenters. The molecule has 0 bridgehead atoms. The van der Waals surface area contributed by atoms with E-state index in [9.17, 15) is 15.0 Å². The zero-order valence-corrected chi connectivity index (χ0v) is 8.79. The Morgan fingerprint density at radius 3 is 2.57 bits per heavy atom. The normalized spacial score (nSPS) is 10.1. The second-order valence-electron chi connectivity index (χ2n) is 2.48. The average molecular weight is 235 g/mol. The largest absolute Gasteiger partial charge is 0.494 e. The first kappa shape index (κ1) is 11.1. The second-order valence-corrected chi connectivity index (χ2v) is 3.24. The van der Waals surface area contributed by atoms with Crippen LogP contribution < -0.4 is 0 Å².